The van der Waals surface area contributed by atoms with Crippen LogP contribution in [0, 0.1) is 0 Å². The van der Waals surface area contributed by atoms with Gasteiger partial charge in [-0.25, -0.2) is 9.98 Å². The van der Waals surface area contributed by atoms with Crippen molar-refractivity contribution in [3.8, 4) is 22.3 Å². The third-order valence-corrected chi connectivity index (χ3v) is 8.96. The summed E-state index contributed by atoms with van der Waals surface area (Å²) < 4.78 is 6.43. The van der Waals surface area contributed by atoms with Crippen LogP contribution in [0.25, 0.3) is 55.0 Å². The van der Waals surface area contributed by atoms with E-state index in [1.807, 2.05) is 36.4 Å². The number of fused-ring (bicyclic) bond motifs is 4. The molecule has 1 atom stereocenters. The Bertz CT molecular complexity index is 2470. The highest BCUT2D eigenvalue weighted by Gasteiger charge is 2.24. The number of hydrogen-bond donors (Lipinski definition) is 1. The van der Waals surface area contributed by atoms with Crippen molar-refractivity contribution in [1.29, 1.82) is 0 Å². The van der Waals surface area contributed by atoms with Crippen molar-refractivity contribution in [2.24, 2.45) is 9.98 Å². The maximum Gasteiger partial charge on any atom is 0.159 e. The topological polar surface area (TPSA) is 49.9 Å². The van der Waals surface area contributed by atoms with E-state index in [0.29, 0.717) is 5.84 Å². The molecule has 1 aliphatic rings. The zero-order valence-electron chi connectivity index (χ0n) is 25.5. The normalized spacial score (nSPS) is 14.6. The lowest BCUT2D eigenvalue weighted by molar-refractivity contribution is 0.662. The molecule has 0 amide bonds. The second kappa shape index (κ2) is 11.3. The number of hydrogen-bond acceptors (Lipinski definition) is 4. The monoisotopic (exact) mass is 603 g/mol. The van der Waals surface area contributed by atoms with Gasteiger partial charge in [0.15, 0.2) is 5.84 Å². The molecule has 1 unspecified atom stereocenters. The molecule has 8 aromatic rings. The van der Waals surface area contributed by atoms with Gasteiger partial charge in [0, 0.05) is 27.5 Å². The average molecular weight is 604 g/mol. The first-order valence-electron chi connectivity index (χ1n) is 15.9. The highest BCUT2D eigenvalue weighted by atomic mass is 16.3. The zero-order valence-corrected chi connectivity index (χ0v) is 25.5. The number of benzene rings is 7. The smallest absolute Gasteiger partial charge is 0.159 e. The first-order valence-corrected chi connectivity index (χ1v) is 15.9. The van der Waals surface area contributed by atoms with Crippen LogP contribution in [-0.4, -0.2) is 11.7 Å². The molecule has 0 aliphatic carbocycles. The third-order valence-electron chi connectivity index (χ3n) is 8.96. The fourth-order valence-corrected chi connectivity index (χ4v) is 6.65. The minimum absolute atomic E-state index is 0.378. The molecule has 7 aromatic carbocycles. The molecule has 0 bridgehead atoms. The van der Waals surface area contributed by atoms with Gasteiger partial charge in [-0.1, -0.05) is 146 Å². The van der Waals surface area contributed by atoms with E-state index in [1.165, 1.54) is 21.9 Å². The van der Waals surface area contributed by atoms with Crippen LogP contribution in [0.2, 0.25) is 0 Å². The molecule has 4 heteroatoms. The number of amidine groups is 2. The Hall–Kier alpha value is -6.26. The maximum atomic E-state index is 6.43. The quantitative estimate of drug-likeness (QED) is 0.213. The summed E-state index contributed by atoms with van der Waals surface area (Å²) in [6.45, 7) is 0. The summed E-state index contributed by atoms with van der Waals surface area (Å²) in [5.74, 6) is 1.47. The molecule has 1 aliphatic heterocycles. The van der Waals surface area contributed by atoms with E-state index in [4.69, 9.17) is 14.4 Å². The SMILES string of the molecule is c1ccc(C2=NC(c3cccc4oc5ccc(-c6cccc7ccccc67)cc5c34)NC(c3ccc(-c4ccccc4)cc3)=N2)cc1. The molecule has 2 heterocycles. The molecule has 1 N–H and O–H groups in total. The summed E-state index contributed by atoms with van der Waals surface area (Å²) in [5.41, 5.74) is 9.40. The van der Waals surface area contributed by atoms with Crippen LogP contribution in [0.5, 0.6) is 0 Å². The molecule has 4 nitrogen and oxygen atoms in total. The van der Waals surface area contributed by atoms with E-state index in [0.717, 1.165) is 55.6 Å². The second-order valence-electron chi connectivity index (χ2n) is 11.8. The van der Waals surface area contributed by atoms with E-state index in [1.54, 1.807) is 0 Å². The number of aliphatic imine (C=N–C) groups is 2. The van der Waals surface area contributed by atoms with Gasteiger partial charge in [0.05, 0.1) is 0 Å². The van der Waals surface area contributed by atoms with E-state index in [9.17, 15) is 0 Å². The van der Waals surface area contributed by atoms with Crippen LogP contribution in [0.4, 0.5) is 0 Å². The maximum absolute atomic E-state index is 6.43. The predicted molar refractivity (Wildman–Crippen MR) is 194 cm³/mol. The minimum atomic E-state index is -0.378. The molecular weight excluding hydrogens is 574 g/mol. The number of nitrogens with one attached hydrogen (secondary N) is 1. The predicted octanol–water partition coefficient (Wildman–Crippen LogP) is 10.6. The van der Waals surface area contributed by atoms with Crippen molar-refractivity contribution in [2.45, 2.75) is 6.17 Å². The van der Waals surface area contributed by atoms with E-state index < -0.39 is 0 Å². The third kappa shape index (κ3) is 4.88. The first kappa shape index (κ1) is 27.1. The molecule has 47 heavy (non-hydrogen) atoms. The van der Waals surface area contributed by atoms with E-state index in [2.05, 4.69) is 133 Å². The molecule has 0 saturated carbocycles. The van der Waals surface area contributed by atoms with Crippen LogP contribution in [0.3, 0.4) is 0 Å². The Morgan fingerprint density at radius 1 is 0.489 bits per heavy atom. The summed E-state index contributed by atoms with van der Waals surface area (Å²) in [5, 5.41) is 8.25. The van der Waals surface area contributed by atoms with Crippen LogP contribution < -0.4 is 5.32 Å². The van der Waals surface area contributed by atoms with Gasteiger partial charge in [-0.15, -0.1) is 0 Å². The standard InChI is InChI=1S/C43H29N3O/c1-3-11-28(12-4-1)29-21-23-32(24-22-29)42-44-41(31-14-5-2-6-15-31)45-43(46-42)36-19-10-20-39-40(36)37-27-33(25-26-38(37)47-39)35-18-9-16-30-13-7-8-17-34(30)35/h1-27,43H,(H,44,45,46). The zero-order chi connectivity index (χ0) is 31.2. The van der Waals surface area contributed by atoms with E-state index in [-0.39, 0.29) is 6.17 Å². The van der Waals surface area contributed by atoms with Crippen LogP contribution in [-0.2, 0) is 0 Å². The van der Waals surface area contributed by atoms with Gasteiger partial charge >= 0.3 is 0 Å². The number of furan rings is 1. The van der Waals surface area contributed by atoms with Gasteiger partial charge in [0.2, 0.25) is 0 Å². The Balaban J connectivity index is 1.17. The Kier molecular flexibility index (Phi) is 6.50. The molecule has 0 fully saturated rings. The van der Waals surface area contributed by atoms with Crippen molar-refractivity contribution in [3.05, 3.63) is 180 Å². The van der Waals surface area contributed by atoms with Crippen molar-refractivity contribution in [1.82, 2.24) is 5.32 Å². The van der Waals surface area contributed by atoms with Gasteiger partial charge in [0.1, 0.15) is 23.2 Å². The largest absolute Gasteiger partial charge is 0.456 e. The lowest BCUT2D eigenvalue weighted by atomic mass is 9.96. The lowest BCUT2D eigenvalue weighted by Crippen LogP contribution is -2.33. The molecule has 9 rings (SSSR count). The summed E-state index contributed by atoms with van der Waals surface area (Å²) in [7, 11) is 0. The van der Waals surface area contributed by atoms with E-state index >= 15 is 0 Å². The summed E-state index contributed by atoms with van der Waals surface area (Å²) in [4.78, 5) is 10.2. The summed E-state index contributed by atoms with van der Waals surface area (Å²) in [6, 6.07) is 56.9. The first-order chi connectivity index (χ1) is 23.3. The summed E-state index contributed by atoms with van der Waals surface area (Å²) >= 11 is 0. The van der Waals surface area contributed by atoms with Gasteiger partial charge in [-0.05, 0) is 51.2 Å². The molecule has 1 aromatic heterocycles. The van der Waals surface area contributed by atoms with Gasteiger partial charge in [0.25, 0.3) is 0 Å². The molecular formula is C43H29N3O. The minimum Gasteiger partial charge on any atom is -0.456 e. The van der Waals surface area contributed by atoms with Crippen LogP contribution in [0.15, 0.2) is 178 Å². The average Bonchev–Trinajstić information content (AvgIpc) is 3.53. The van der Waals surface area contributed by atoms with Crippen LogP contribution in [0.1, 0.15) is 22.9 Å². The Morgan fingerprint density at radius 3 is 1.98 bits per heavy atom. The van der Waals surface area contributed by atoms with Crippen molar-refractivity contribution in [2.75, 3.05) is 0 Å². The molecule has 0 saturated heterocycles. The van der Waals surface area contributed by atoms with Gasteiger partial charge < -0.3 is 9.73 Å². The number of nitrogens with zero attached hydrogens (tertiary/aromatic N) is 2. The van der Waals surface area contributed by atoms with Crippen molar-refractivity contribution < 1.29 is 4.42 Å². The Morgan fingerprint density at radius 2 is 1.15 bits per heavy atom. The molecule has 222 valence electrons. The van der Waals surface area contributed by atoms with Gasteiger partial charge in [-0.2, -0.15) is 0 Å². The summed E-state index contributed by atoms with van der Waals surface area (Å²) in [6.07, 6.45) is -0.378. The lowest BCUT2D eigenvalue weighted by Gasteiger charge is -2.24. The fraction of sp³-hybridized carbons (Fsp3) is 0.0233. The highest BCUT2D eigenvalue weighted by Crippen LogP contribution is 2.39. The number of rotatable bonds is 5. The van der Waals surface area contributed by atoms with Crippen molar-refractivity contribution >= 4 is 44.4 Å². The molecule has 0 radical (unpaired) electrons. The fourth-order valence-electron chi connectivity index (χ4n) is 6.65. The molecule has 0 spiro atoms. The second-order valence-corrected chi connectivity index (χ2v) is 11.8. The van der Waals surface area contributed by atoms with Gasteiger partial charge in [-0.3, -0.25) is 0 Å². The van der Waals surface area contributed by atoms with Crippen LogP contribution >= 0.6 is 0 Å². The Labute approximate surface area is 272 Å². The highest BCUT2D eigenvalue weighted by molar-refractivity contribution is 6.14. The van der Waals surface area contributed by atoms with Crippen molar-refractivity contribution in [3.63, 3.8) is 0 Å².